The molecule has 0 bridgehead atoms. The van der Waals surface area contributed by atoms with Crippen molar-refractivity contribution in [2.45, 2.75) is 0 Å². The number of carbonyl (C=O) groups is 2. The van der Waals surface area contributed by atoms with Gasteiger partial charge in [-0.3, -0.25) is 9.78 Å². The van der Waals surface area contributed by atoms with Crippen LogP contribution in [0.1, 0.15) is 20.8 Å². The summed E-state index contributed by atoms with van der Waals surface area (Å²) in [4.78, 5) is 30.1. The van der Waals surface area contributed by atoms with Crippen LogP contribution >= 0.6 is 15.9 Å². The first-order valence-corrected chi connectivity index (χ1v) is 5.97. The highest BCUT2D eigenvalue weighted by Crippen LogP contribution is 2.20. The van der Waals surface area contributed by atoms with Crippen molar-refractivity contribution in [3.05, 3.63) is 52.5 Å². The number of rotatable bonds is 3. The number of pyridine rings is 2. The Bertz CT molecular complexity index is 628. The summed E-state index contributed by atoms with van der Waals surface area (Å²) in [7, 11) is 0. The van der Waals surface area contributed by atoms with Gasteiger partial charge in [-0.15, -0.1) is 0 Å². The van der Waals surface area contributed by atoms with Gasteiger partial charge in [0.05, 0.1) is 15.7 Å². The predicted octanol–water partition coefficient (Wildman–Crippen LogP) is 2.19. The zero-order chi connectivity index (χ0) is 13.8. The molecule has 2 aromatic heterocycles. The molecule has 0 spiro atoms. The Labute approximate surface area is 116 Å². The average molecular weight is 322 g/mol. The number of carboxylic acid groups (broad SMARTS) is 1. The van der Waals surface area contributed by atoms with Crippen molar-refractivity contribution in [3.63, 3.8) is 0 Å². The maximum Gasteiger partial charge on any atom is 0.354 e. The van der Waals surface area contributed by atoms with Gasteiger partial charge in [0.1, 0.15) is 5.69 Å². The minimum Gasteiger partial charge on any atom is -0.477 e. The standard InChI is InChI=1S/C12H8BrN3O3/c13-8-6-14-4-3-9(8)16-11(17)7-1-2-10(12(18)19)15-5-7/h1-6H,(H,18,19)(H,14,16,17). The van der Waals surface area contributed by atoms with Crippen molar-refractivity contribution < 1.29 is 14.7 Å². The SMILES string of the molecule is O=C(Nc1ccncc1Br)c1ccc(C(=O)O)nc1. The third-order valence-electron chi connectivity index (χ3n) is 2.27. The number of amides is 1. The zero-order valence-electron chi connectivity index (χ0n) is 9.50. The lowest BCUT2D eigenvalue weighted by atomic mass is 10.2. The van der Waals surface area contributed by atoms with E-state index in [2.05, 4.69) is 31.2 Å². The van der Waals surface area contributed by atoms with Crippen LogP contribution in [-0.2, 0) is 0 Å². The van der Waals surface area contributed by atoms with Crippen LogP contribution in [0.25, 0.3) is 0 Å². The van der Waals surface area contributed by atoms with Crippen molar-refractivity contribution in [3.8, 4) is 0 Å². The van der Waals surface area contributed by atoms with Gasteiger partial charge in [-0.1, -0.05) is 0 Å². The quantitative estimate of drug-likeness (QED) is 0.904. The summed E-state index contributed by atoms with van der Waals surface area (Å²) in [6.45, 7) is 0. The molecule has 2 N–H and O–H groups in total. The zero-order valence-corrected chi connectivity index (χ0v) is 11.1. The van der Waals surface area contributed by atoms with Crippen LogP contribution in [-0.4, -0.2) is 27.0 Å². The molecule has 0 atom stereocenters. The summed E-state index contributed by atoms with van der Waals surface area (Å²) in [5, 5.41) is 11.4. The fourth-order valence-corrected chi connectivity index (χ4v) is 1.68. The third kappa shape index (κ3) is 3.14. The molecule has 0 radical (unpaired) electrons. The number of anilines is 1. The molecule has 96 valence electrons. The van der Waals surface area contributed by atoms with Gasteiger partial charge in [-0.2, -0.15) is 0 Å². The number of aromatic carboxylic acids is 1. The fraction of sp³-hybridized carbons (Fsp3) is 0. The Morgan fingerprint density at radius 2 is 2.00 bits per heavy atom. The molecular weight excluding hydrogens is 314 g/mol. The Morgan fingerprint density at radius 3 is 2.58 bits per heavy atom. The molecule has 0 saturated heterocycles. The highest BCUT2D eigenvalue weighted by atomic mass is 79.9. The summed E-state index contributed by atoms with van der Waals surface area (Å²) < 4.78 is 0.651. The smallest absolute Gasteiger partial charge is 0.354 e. The Kier molecular flexibility index (Phi) is 3.86. The number of carboxylic acids is 1. The Morgan fingerprint density at radius 1 is 1.21 bits per heavy atom. The van der Waals surface area contributed by atoms with E-state index in [1.165, 1.54) is 18.3 Å². The number of aromatic nitrogens is 2. The van der Waals surface area contributed by atoms with Crippen molar-refractivity contribution in [1.82, 2.24) is 9.97 Å². The normalized spacial score (nSPS) is 9.95. The number of nitrogens with zero attached hydrogens (tertiary/aromatic N) is 2. The summed E-state index contributed by atoms with van der Waals surface area (Å²) >= 11 is 3.26. The van der Waals surface area contributed by atoms with E-state index in [1.54, 1.807) is 18.5 Å². The van der Waals surface area contributed by atoms with Gasteiger partial charge >= 0.3 is 5.97 Å². The number of carbonyl (C=O) groups excluding carboxylic acids is 1. The highest BCUT2D eigenvalue weighted by molar-refractivity contribution is 9.10. The van der Waals surface area contributed by atoms with Gasteiger partial charge in [0.2, 0.25) is 0 Å². The van der Waals surface area contributed by atoms with Gasteiger partial charge in [0.25, 0.3) is 5.91 Å². The van der Waals surface area contributed by atoms with Crippen molar-refractivity contribution in [1.29, 1.82) is 0 Å². The second-order valence-electron chi connectivity index (χ2n) is 3.55. The first-order valence-electron chi connectivity index (χ1n) is 5.18. The lowest BCUT2D eigenvalue weighted by Gasteiger charge is -2.06. The van der Waals surface area contributed by atoms with E-state index in [4.69, 9.17) is 5.11 Å². The second-order valence-corrected chi connectivity index (χ2v) is 4.40. The summed E-state index contributed by atoms with van der Waals surface area (Å²) in [5.41, 5.74) is 0.734. The second kappa shape index (κ2) is 5.57. The number of halogens is 1. The third-order valence-corrected chi connectivity index (χ3v) is 2.90. The molecule has 7 heteroatoms. The molecule has 0 aliphatic carbocycles. The number of hydrogen-bond donors (Lipinski definition) is 2. The molecule has 0 unspecified atom stereocenters. The van der Waals surface area contributed by atoms with Crippen LogP contribution in [0.15, 0.2) is 41.3 Å². The van der Waals surface area contributed by atoms with E-state index < -0.39 is 5.97 Å². The van der Waals surface area contributed by atoms with Crippen LogP contribution in [0.2, 0.25) is 0 Å². The molecule has 0 aromatic carbocycles. The van der Waals surface area contributed by atoms with Gasteiger partial charge < -0.3 is 10.4 Å². The van der Waals surface area contributed by atoms with Gasteiger partial charge in [0.15, 0.2) is 0 Å². The number of nitrogens with one attached hydrogen (secondary N) is 1. The van der Waals surface area contributed by atoms with E-state index in [0.29, 0.717) is 10.2 Å². The van der Waals surface area contributed by atoms with E-state index in [0.717, 1.165) is 0 Å². The lowest BCUT2D eigenvalue weighted by Crippen LogP contribution is -2.13. The molecule has 2 rings (SSSR count). The molecule has 0 aliphatic heterocycles. The molecule has 0 fully saturated rings. The van der Waals surface area contributed by atoms with E-state index in [1.807, 2.05) is 0 Å². The molecule has 2 aromatic rings. The predicted molar refractivity (Wildman–Crippen MR) is 71.1 cm³/mol. The van der Waals surface area contributed by atoms with E-state index >= 15 is 0 Å². The fourth-order valence-electron chi connectivity index (χ4n) is 1.33. The van der Waals surface area contributed by atoms with Crippen LogP contribution in [0.5, 0.6) is 0 Å². The monoisotopic (exact) mass is 321 g/mol. The lowest BCUT2D eigenvalue weighted by molar-refractivity contribution is 0.0690. The molecule has 0 aliphatic rings. The van der Waals surface area contributed by atoms with Crippen molar-refractivity contribution in [2.24, 2.45) is 0 Å². The van der Waals surface area contributed by atoms with Crippen LogP contribution in [0.3, 0.4) is 0 Å². The first-order chi connectivity index (χ1) is 9.08. The van der Waals surface area contributed by atoms with Crippen LogP contribution in [0, 0.1) is 0 Å². The van der Waals surface area contributed by atoms with Gasteiger partial charge in [0, 0.05) is 18.6 Å². The minimum absolute atomic E-state index is 0.110. The summed E-state index contributed by atoms with van der Waals surface area (Å²) in [5.74, 6) is -1.51. The maximum atomic E-state index is 11.9. The number of hydrogen-bond acceptors (Lipinski definition) is 4. The van der Waals surface area contributed by atoms with E-state index in [-0.39, 0.29) is 17.2 Å². The van der Waals surface area contributed by atoms with Gasteiger partial charge in [-0.05, 0) is 34.1 Å². The highest BCUT2D eigenvalue weighted by Gasteiger charge is 2.10. The van der Waals surface area contributed by atoms with Crippen LogP contribution < -0.4 is 5.32 Å². The molecule has 19 heavy (non-hydrogen) atoms. The summed E-state index contributed by atoms with van der Waals surface area (Å²) in [6, 6.07) is 4.32. The van der Waals surface area contributed by atoms with E-state index in [9.17, 15) is 9.59 Å². The topological polar surface area (TPSA) is 92.2 Å². The van der Waals surface area contributed by atoms with Crippen LogP contribution in [0.4, 0.5) is 5.69 Å². The molecule has 2 heterocycles. The first kappa shape index (κ1) is 13.2. The Hall–Kier alpha value is -2.28. The molecular formula is C12H8BrN3O3. The summed E-state index contributed by atoms with van der Waals surface area (Å²) in [6.07, 6.45) is 4.32. The molecule has 0 saturated carbocycles. The Balaban J connectivity index is 2.16. The van der Waals surface area contributed by atoms with Crippen molar-refractivity contribution >= 4 is 33.5 Å². The molecule has 1 amide bonds. The van der Waals surface area contributed by atoms with Crippen molar-refractivity contribution in [2.75, 3.05) is 5.32 Å². The maximum absolute atomic E-state index is 11.9. The average Bonchev–Trinajstić information content (AvgIpc) is 2.41. The largest absolute Gasteiger partial charge is 0.477 e. The molecule has 6 nitrogen and oxygen atoms in total. The van der Waals surface area contributed by atoms with Gasteiger partial charge in [-0.25, -0.2) is 9.78 Å². The minimum atomic E-state index is -1.14.